The van der Waals surface area contributed by atoms with Crippen molar-refractivity contribution in [2.45, 2.75) is 53.6 Å². The summed E-state index contributed by atoms with van der Waals surface area (Å²) >= 11 is 0. The number of aryl methyl sites for hydroxylation is 2. The van der Waals surface area contributed by atoms with E-state index in [2.05, 4.69) is 5.32 Å². The number of nitrogens with zero attached hydrogens (tertiary/aromatic N) is 1. The highest BCUT2D eigenvalue weighted by molar-refractivity contribution is 5.88. The van der Waals surface area contributed by atoms with Crippen molar-refractivity contribution in [3.8, 4) is 5.75 Å². The van der Waals surface area contributed by atoms with Crippen molar-refractivity contribution in [1.82, 2.24) is 10.2 Å². The highest BCUT2D eigenvalue weighted by Crippen LogP contribution is 2.17. The van der Waals surface area contributed by atoms with E-state index in [1.54, 1.807) is 4.90 Å². The van der Waals surface area contributed by atoms with E-state index in [0.29, 0.717) is 31.2 Å². The summed E-state index contributed by atoms with van der Waals surface area (Å²) < 4.78 is 5.72. The maximum Gasteiger partial charge on any atom is 0.261 e. The Kier molecular flexibility index (Phi) is 8.90. The SMILES string of the molecule is CC[C@H](C(=O)NCC(C)C)N(Cc1ccccc1C)C(=O)COc1ccc(C)cc1. The van der Waals surface area contributed by atoms with Crippen molar-refractivity contribution in [1.29, 1.82) is 0 Å². The van der Waals surface area contributed by atoms with E-state index in [1.807, 2.05) is 83.1 Å². The fourth-order valence-electron chi connectivity index (χ4n) is 3.18. The van der Waals surface area contributed by atoms with Gasteiger partial charge in [-0.05, 0) is 49.4 Å². The standard InChI is InChI=1S/C25H34N2O3/c1-6-23(25(29)26-15-18(2)3)27(16-21-10-8-7-9-20(21)5)24(28)17-30-22-13-11-19(4)12-14-22/h7-14,18,23H,6,15-17H2,1-5H3,(H,26,29)/t23-/m1/s1. The predicted octanol–water partition coefficient (Wildman–Crippen LogP) is 4.26. The average molecular weight is 411 g/mol. The number of carbonyl (C=O) groups is 2. The number of carbonyl (C=O) groups excluding carboxylic acids is 2. The van der Waals surface area contributed by atoms with Gasteiger partial charge in [0.25, 0.3) is 5.91 Å². The van der Waals surface area contributed by atoms with Crippen LogP contribution in [0.25, 0.3) is 0 Å². The van der Waals surface area contributed by atoms with Crippen molar-refractivity contribution in [3.63, 3.8) is 0 Å². The second-order valence-corrected chi connectivity index (χ2v) is 8.11. The second-order valence-electron chi connectivity index (χ2n) is 8.11. The highest BCUT2D eigenvalue weighted by Gasteiger charge is 2.29. The lowest BCUT2D eigenvalue weighted by Gasteiger charge is -2.31. The molecule has 30 heavy (non-hydrogen) atoms. The minimum Gasteiger partial charge on any atom is -0.484 e. The number of hydrogen-bond acceptors (Lipinski definition) is 3. The molecule has 0 bridgehead atoms. The lowest BCUT2D eigenvalue weighted by Crippen LogP contribution is -2.50. The van der Waals surface area contributed by atoms with E-state index in [1.165, 1.54) is 0 Å². The molecule has 5 heteroatoms. The number of hydrogen-bond donors (Lipinski definition) is 1. The van der Waals surface area contributed by atoms with Gasteiger partial charge in [-0.1, -0.05) is 62.7 Å². The summed E-state index contributed by atoms with van der Waals surface area (Å²) in [5.41, 5.74) is 3.24. The van der Waals surface area contributed by atoms with Gasteiger partial charge in [0.05, 0.1) is 0 Å². The Morgan fingerprint density at radius 3 is 2.30 bits per heavy atom. The maximum absolute atomic E-state index is 13.2. The number of amides is 2. The summed E-state index contributed by atoms with van der Waals surface area (Å²) in [6, 6.07) is 15.0. The molecule has 0 heterocycles. The van der Waals surface area contributed by atoms with Crippen molar-refractivity contribution in [2.24, 2.45) is 5.92 Å². The van der Waals surface area contributed by atoms with Crippen LogP contribution in [0.1, 0.15) is 43.9 Å². The zero-order valence-corrected chi connectivity index (χ0v) is 18.8. The molecule has 2 amide bonds. The van der Waals surface area contributed by atoms with Crippen LogP contribution >= 0.6 is 0 Å². The molecule has 1 N–H and O–H groups in total. The van der Waals surface area contributed by atoms with Crippen LogP contribution in [-0.4, -0.2) is 35.9 Å². The Morgan fingerprint density at radius 2 is 1.70 bits per heavy atom. The van der Waals surface area contributed by atoms with E-state index < -0.39 is 6.04 Å². The Balaban J connectivity index is 2.19. The van der Waals surface area contributed by atoms with Crippen molar-refractivity contribution < 1.29 is 14.3 Å². The van der Waals surface area contributed by atoms with Gasteiger partial charge in [0, 0.05) is 13.1 Å². The van der Waals surface area contributed by atoms with Crippen LogP contribution in [0.5, 0.6) is 5.75 Å². The molecule has 1 atom stereocenters. The zero-order chi connectivity index (χ0) is 22.1. The molecule has 0 unspecified atom stereocenters. The lowest BCUT2D eigenvalue weighted by atomic mass is 10.1. The third-order valence-corrected chi connectivity index (χ3v) is 5.06. The minimum atomic E-state index is -0.544. The van der Waals surface area contributed by atoms with Crippen LogP contribution in [0, 0.1) is 19.8 Å². The first-order chi connectivity index (χ1) is 14.3. The highest BCUT2D eigenvalue weighted by atomic mass is 16.5. The van der Waals surface area contributed by atoms with Crippen LogP contribution in [0.4, 0.5) is 0 Å². The number of benzene rings is 2. The molecular weight excluding hydrogens is 376 g/mol. The Bertz CT molecular complexity index is 831. The fraction of sp³-hybridized carbons (Fsp3) is 0.440. The summed E-state index contributed by atoms with van der Waals surface area (Å²) in [5.74, 6) is 0.660. The van der Waals surface area contributed by atoms with Crippen molar-refractivity contribution in [2.75, 3.05) is 13.2 Å². The van der Waals surface area contributed by atoms with Gasteiger partial charge >= 0.3 is 0 Å². The van der Waals surface area contributed by atoms with Crippen LogP contribution in [0.2, 0.25) is 0 Å². The normalized spacial score (nSPS) is 11.8. The van der Waals surface area contributed by atoms with Crippen LogP contribution < -0.4 is 10.1 Å². The molecule has 0 saturated carbocycles. The molecule has 5 nitrogen and oxygen atoms in total. The van der Waals surface area contributed by atoms with E-state index in [0.717, 1.165) is 16.7 Å². The van der Waals surface area contributed by atoms with Gasteiger partial charge < -0.3 is 15.0 Å². The predicted molar refractivity (Wildman–Crippen MR) is 120 cm³/mol. The minimum absolute atomic E-state index is 0.108. The van der Waals surface area contributed by atoms with E-state index in [9.17, 15) is 9.59 Å². The maximum atomic E-state index is 13.2. The molecule has 2 rings (SSSR count). The number of rotatable bonds is 10. The van der Waals surface area contributed by atoms with Crippen LogP contribution in [0.15, 0.2) is 48.5 Å². The van der Waals surface area contributed by atoms with E-state index in [-0.39, 0.29) is 18.4 Å². The van der Waals surface area contributed by atoms with E-state index in [4.69, 9.17) is 4.74 Å². The second kappa shape index (κ2) is 11.4. The van der Waals surface area contributed by atoms with Crippen molar-refractivity contribution >= 4 is 11.8 Å². The molecule has 0 saturated heterocycles. The molecule has 0 radical (unpaired) electrons. The molecule has 0 aliphatic carbocycles. The number of ether oxygens (including phenoxy) is 1. The van der Waals surface area contributed by atoms with Crippen LogP contribution in [-0.2, 0) is 16.1 Å². The third-order valence-electron chi connectivity index (χ3n) is 5.06. The molecule has 2 aromatic rings. The van der Waals surface area contributed by atoms with Gasteiger partial charge in [-0.3, -0.25) is 9.59 Å². The zero-order valence-electron chi connectivity index (χ0n) is 18.8. The Hall–Kier alpha value is -2.82. The first kappa shape index (κ1) is 23.5. The summed E-state index contributed by atoms with van der Waals surface area (Å²) in [6.45, 7) is 10.9. The monoisotopic (exact) mass is 410 g/mol. The van der Waals surface area contributed by atoms with Gasteiger partial charge in [-0.25, -0.2) is 0 Å². The number of nitrogens with one attached hydrogen (secondary N) is 1. The molecule has 2 aromatic carbocycles. The first-order valence-corrected chi connectivity index (χ1v) is 10.6. The third kappa shape index (κ3) is 6.90. The fourth-order valence-corrected chi connectivity index (χ4v) is 3.18. The summed E-state index contributed by atoms with van der Waals surface area (Å²) in [4.78, 5) is 27.7. The van der Waals surface area contributed by atoms with Crippen molar-refractivity contribution in [3.05, 3.63) is 65.2 Å². The Labute approximate surface area is 180 Å². The topological polar surface area (TPSA) is 58.6 Å². The van der Waals surface area contributed by atoms with Crippen LogP contribution in [0.3, 0.4) is 0 Å². The van der Waals surface area contributed by atoms with E-state index >= 15 is 0 Å². The molecule has 0 aromatic heterocycles. The van der Waals surface area contributed by atoms with Gasteiger partial charge in [0.1, 0.15) is 11.8 Å². The summed E-state index contributed by atoms with van der Waals surface area (Å²) in [5, 5.41) is 2.98. The molecule has 0 aliphatic heterocycles. The molecule has 0 aliphatic rings. The molecule has 0 fully saturated rings. The lowest BCUT2D eigenvalue weighted by molar-refractivity contribution is -0.143. The largest absolute Gasteiger partial charge is 0.484 e. The molecule has 0 spiro atoms. The smallest absolute Gasteiger partial charge is 0.261 e. The molecular formula is C25H34N2O3. The first-order valence-electron chi connectivity index (χ1n) is 10.6. The van der Waals surface area contributed by atoms with Gasteiger partial charge in [-0.15, -0.1) is 0 Å². The molecule has 162 valence electrons. The quantitative estimate of drug-likeness (QED) is 0.637. The van der Waals surface area contributed by atoms with Gasteiger partial charge in [0.15, 0.2) is 6.61 Å². The Morgan fingerprint density at radius 1 is 1.03 bits per heavy atom. The van der Waals surface area contributed by atoms with Gasteiger partial charge in [0.2, 0.25) is 5.91 Å². The summed E-state index contributed by atoms with van der Waals surface area (Å²) in [7, 11) is 0. The average Bonchev–Trinajstić information content (AvgIpc) is 2.72. The van der Waals surface area contributed by atoms with Gasteiger partial charge in [-0.2, -0.15) is 0 Å². The summed E-state index contributed by atoms with van der Waals surface area (Å²) in [6.07, 6.45) is 0.534.